The van der Waals surface area contributed by atoms with Crippen LogP contribution in [0.1, 0.15) is 23.2 Å². The molecule has 1 aromatic heterocycles. The van der Waals surface area contributed by atoms with Crippen LogP contribution in [0, 0.1) is 0 Å². The van der Waals surface area contributed by atoms with Crippen LogP contribution in [0.25, 0.3) is 0 Å². The Kier molecular flexibility index (Phi) is 3.94. The number of benzene rings is 1. The van der Waals surface area contributed by atoms with Gasteiger partial charge < -0.3 is 10.6 Å². The van der Waals surface area contributed by atoms with Gasteiger partial charge in [-0.1, -0.05) is 29.3 Å². The molecule has 21 heavy (non-hydrogen) atoms. The molecule has 1 aliphatic rings. The van der Waals surface area contributed by atoms with Crippen molar-refractivity contribution in [3.63, 3.8) is 0 Å². The molecule has 0 saturated heterocycles. The quantitative estimate of drug-likeness (QED) is 0.902. The molecule has 0 bridgehead atoms. The highest BCUT2D eigenvalue weighted by atomic mass is 35.5. The summed E-state index contributed by atoms with van der Waals surface area (Å²) in [6, 6.07) is 5.51. The number of aromatic nitrogens is 2. The Bertz CT molecular complexity index is 671. The summed E-state index contributed by atoms with van der Waals surface area (Å²) >= 11 is 11.9. The lowest BCUT2D eigenvalue weighted by Crippen LogP contribution is -2.14. The third-order valence-corrected chi connectivity index (χ3v) is 3.84. The van der Waals surface area contributed by atoms with E-state index in [1.54, 1.807) is 18.2 Å². The number of carbonyl (C=O) groups is 1. The molecule has 1 fully saturated rings. The van der Waals surface area contributed by atoms with Crippen molar-refractivity contribution in [2.75, 3.05) is 10.6 Å². The lowest BCUT2D eigenvalue weighted by atomic mass is 10.2. The molecule has 1 saturated carbocycles. The molecule has 1 aromatic carbocycles. The van der Waals surface area contributed by atoms with Crippen molar-refractivity contribution in [3.8, 4) is 0 Å². The summed E-state index contributed by atoms with van der Waals surface area (Å²) in [6.45, 7) is 0. The predicted molar refractivity (Wildman–Crippen MR) is 83.1 cm³/mol. The first-order valence-electron chi connectivity index (χ1n) is 6.47. The Morgan fingerprint density at radius 1 is 1.19 bits per heavy atom. The predicted octanol–water partition coefficient (Wildman–Crippen LogP) is 3.61. The van der Waals surface area contributed by atoms with E-state index in [0.717, 1.165) is 12.8 Å². The van der Waals surface area contributed by atoms with Gasteiger partial charge in [-0.25, -0.2) is 9.97 Å². The first-order chi connectivity index (χ1) is 10.1. The zero-order valence-electron chi connectivity index (χ0n) is 10.9. The van der Waals surface area contributed by atoms with Gasteiger partial charge in [-0.05, 0) is 25.0 Å². The van der Waals surface area contributed by atoms with E-state index < -0.39 is 0 Å². The SMILES string of the molecule is O=C(Nc1cccc(Cl)c1Cl)c1cnc(NC2CC2)nc1. The molecule has 3 rings (SSSR count). The fraction of sp³-hybridized carbons (Fsp3) is 0.214. The number of nitrogens with one attached hydrogen (secondary N) is 2. The molecule has 2 aromatic rings. The minimum atomic E-state index is -0.336. The topological polar surface area (TPSA) is 66.9 Å². The smallest absolute Gasteiger partial charge is 0.258 e. The molecule has 1 amide bonds. The van der Waals surface area contributed by atoms with Crippen LogP contribution < -0.4 is 10.6 Å². The lowest BCUT2D eigenvalue weighted by molar-refractivity contribution is 0.102. The lowest BCUT2D eigenvalue weighted by Gasteiger charge is -2.08. The van der Waals surface area contributed by atoms with E-state index in [1.165, 1.54) is 12.4 Å². The Balaban J connectivity index is 1.70. The molecule has 108 valence electrons. The van der Waals surface area contributed by atoms with E-state index in [4.69, 9.17) is 23.2 Å². The fourth-order valence-electron chi connectivity index (χ4n) is 1.72. The van der Waals surface area contributed by atoms with Crippen LogP contribution >= 0.6 is 23.2 Å². The van der Waals surface area contributed by atoms with Gasteiger partial charge in [0, 0.05) is 18.4 Å². The monoisotopic (exact) mass is 322 g/mol. The third-order valence-electron chi connectivity index (χ3n) is 3.02. The highest BCUT2D eigenvalue weighted by Crippen LogP contribution is 2.29. The summed E-state index contributed by atoms with van der Waals surface area (Å²) in [5.74, 6) is 0.201. The molecule has 1 aliphatic carbocycles. The van der Waals surface area contributed by atoms with Crippen molar-refractivity contribution >= 4 is 40.7 Å². The zero-order chi connectivity index (χ0) is 14.8. The second-order valence-electron chi connectivity index (χ2n) is 4.77. The number of hydrogen-bond acceptors (Lipinski definition) is 4. The van der Waals surface area contributed by atoms with Crippen molar-refractivity contribution in [1.29, 1.82) is 0 Å². The van der Waals surface area contributed by atoms with Crippen molar-refractivity contribution in [2.45, 2.75) is 18.9 Å². The molecule has 0 unspecified atom stereocenters. The molecule has 1 heterocycles. The number of amides is 1. The Hall–Kier alpha value is -1.85. The number of anilines is 2. The summed E-state index contributed by atoms with van der Waals surface area (Å²) in [4.78, 5) is 20.3. The summed E-state index contributed by atoms with van der Waals surface area (Å²) in [7, 11) is 0. The first kappa shape index (κ1) is 14.1. The van der Waals surface area contributed by atoms with E-state index in [1.807, 2.05) is 0 Å². The van der Waals surface area contributed by atoms with Gasteiger partial charge >= 0.3 is 0 Å². The van der Waals surface area contributed by atoms with Gasteiger partial charge in [-0.15, -0.1) is 0 Å². The zero-order valence-corrected chi connectivity index (χ0v) is 12.4. The molecular formula is C14H12Cl2N4O. The maximum Gasteiger partial charge on any atom is 0.258 e. The minimum absolute atomic E-state index is 0.306. The molecule has 0 radical (unpaired) electrons. The van der Waals surface area contributed by atoms with Crippen LogP contribution in [0.5, 0.6) is 0 Å². The van der Waals surface area contributed by atoms with Crippen molar-refractivity contribution in [1.82, 2.24) is 9.97 Å². The highest BCUT2D eigenvalue weighted by molar-refractivity contribution is 6.44. The van der Waals surface area contributed by atoms with E-state index in [2.05, 4.69) is 20.6 Å². The van der Waals surface area contributed by atoms with Crippen LogP contribution in [-0.4, -0.2) is 21.9 Å². The molecule has 7 heteroatoms. The molecule has 2 N–H and O–H groups in total. The van der Waals surface area contributed by atoms with Crippen molar-refractivity contribution in [2.24, 2.45) is 0 Å². The Morgan fingerprint density at radius 3 is 2.57 bits per heavy atom. The standard InChI is InChI=1S/C14H12Cl2N4O/c15-10-2-1-3-11(12(10)16)20-13(21)8-6-17-14(18-7-8)19-9-4-5-9/h1-3,6-7,9H,4-5H2,(H,20,21)(H,17,18,19). The second kappa shape index (κ2) is 5.87. The van der Waals surface area contributed by atoms with E-state index >= 15 is 0 Å². The number of halogens is 2. The molecular weight excluding hydrogens is 311 g/mol. The fourth-order valence-corrected chi connectivity index (χ4v) is 2.07. The van der Waals surface area contributed by atoms with Gasteiger partial charge in [0.15, 0.2) is 0 Å². The molecule has 0 atom stereocenters. The van der Waals surface area contributed by atoms with Crippen molar-refractivity contribution in [3.05, 3.63) is 46.2 Å². The number of rotatable bonds is 4. The van der Waals surface area contributed by atoms with Gasteiger partial charge in [0.05, 0.1) is 21.3 Å². The van der Waals surface area contributed by atoms with E-state index in [-0.39, 0.29) is 5.91 Å². The average molecular weight is 323 g/mol. The van der Waals surface area contributed by atoms with E-state index in [0.29, 0.717) is 33.3 Å². The number of carbonyl (C=O) groups excluding carboxylic acids is 1. The Labute approximate surface area is 131 Å². The number of nitrogens with zero attached hydrogens (tertiary/aromatic N) is 2. The van der Waals surface area contributed by atoms with Crippen LogP contribution in [0.15, 0.2) is 30.6 Å². The third kappa shape index (κ3) is 3.43. The maximum atomic E-state index is 12.1. The van der Waals surface area contributed by atoms with Gasteiger partial charge in [0.25, 0.3) is 5.91 Å². The second-order valence-corrected chi connectivity index (χ2v) is 5.55. The van der Waals surface area contributed by atoms with Gasteiger partial charge in [0.2, 0.25) is 5.95 Å². The van der Waals surface area contributed by atoms with Crippen LogP contribution in [0.4, 0.5) is 11.6 Å². The molecule has 0 aliphatic heterocycles. The van der Waals surface area contributed by atoms with Crippen LogP contribution in [0.2, 0.25) is 10.0 Å². The number of hydrogen-bond donors (Lipinski definition) is 2. The summed E-state index contributed by atoms with van der Waals surface area (Å²) < 4.78 is 0. The van der Waals surface area contributed by atoms with Crippen molar-refractivity contribution < 1.29 is 4.79 Å². The Morgan fingerprint density at radius 2 is 1.90 bits per heavy atom. The maximum absolute atomic E-state index is 12.1. The summed E-state index contributed by atoms with van der Waals surface area (Å²) in [5.41, 5.74) is 0.807. The first-order valence-corrected chi connectivity index (χ1v) is 7.23. The largest absolute Gasteiger partial charge is 0.351 e. The van der Waals surface area contributed by atoms with Gasteiger partial charge in [-0.3, -0.25) is 4.79 Å². The molecule has 0 spiro atoms. The highest BCUT2D eigenvalue weighted by Gasteiger charge is 2.21. The molecule has 5 nitrogen and oxygen atoms in total. The van der Waals surface area contributed by atoms with E-state index in [9.17, 15) is 4.79 Å². The van der Waals surface area contributed by atoms with Gasteiger partial charge in [-0.2, -0.15) is 0 Å². The summed E-state index contributed by atoms with van der Waals surface area (Å²) in [5, 5.41) is 6.53. The summed E-state index contributed by atoms with van der Waals surface area (Å²) in [6.07, 6.45) is 5.23. The van der Waals surface area contributed by atoms with Gasteiger partial charge in [0.1, 0.15) is 0 Å². The van der Waals surface area contributed by atoms with Crippen LogP contribution in [0.3, 0.4) is 0 Å². The minimum Gasteiger partial charge on any atom is -0.351 e. The average Bonchev–Trinajstić information content (AvgIpc) is 3.28. The normalized spacial score (nSPS) is 13.8. The van der Waals surface area contributed by atoms with Crippen LogP contribution in [-0.2, 0) is 0 Å².